The van der Waals surface area contributed by atoms with Gasteiger partial charge in [0, 0.05) is 0 Å². The Morgan fingerprint density at radius 2 is 1.68 bits per heavy atom. The van der Waals surface area contributed by atoms with Crippen LogP contribution in [-0.4, -0.2) is 33.2 Å². The predicted octanol–water partition coefficient (Wildman–Crippen LogP) is 1.99. The Hall–Kier alpha value is -2.33. The number of hydrogen-bond acceptors (Lipinski definition) is 2. The van der Waals surface area contributed by atoms with Gasteiger partial charge in [-0.2, -0.15) is 0 Å². The van der Waals surface area contributed by atoms with E-state index in [1.54, 1.807) is 0 Å². The van der Waals surface area contributed by atoms with E-state index in [-0.39, 0.29) is 18.6 Å². The Bertz CT molecular complexity index is 688. The molecule has 0 saturated carbocycles. The van der Waals surface area contributed by atoms with E-state index in [1.807, 2.05) is 44.2 Å². The largest absolute Gasteiger partial charge is 0.483 e. The number of carbonyl (C=O) groups excluding carboxylic acids is 1. The monoisotopic (exact) mass is 341 g/mol. The Balaban J connectivity index is 2.02. The summed E-state index contributed by atoms with van der Waals surface area (Å²) >= 11 is 0. The van der Waals surface area contributed by atoms with Crippen LogP contribution < -0.4 is 15.0 Å². The summed E-state index contributed by atoms with van der Waals surface area (Å²) in [6.07, 6.45) is 0. The molecule has 134 valence electrons. The predicted molar refractivity (Wildman–Crippen MR) is 101 cm³/mol. The topological polar surface area (TPSA) is 42.8 Å². The van der Waals surface area contributed by atoms with Crippen molar-refractivity contribution in [1.82, 2.24) is 5.32 Å². The lowest BCUT2D eigenvalue weighted by Crippen LogP contribution is -3.06. The summed E-state index contributed by atoms with van der Waals surface area (Å²) in [5.74, 6) is 0.699. The molecule has 0 unspecified atom stereocenters. The van der Waals surface area contributed by atoms with Gasteiger partial charge in [-0.15, -0.1) is 0 Å². The van der Waals surface area contributed by atoms with Gasteiger partial charge in [0.15, 0.2) is 6.61 Å². The van der Waals surface area contributed by atoms with Crippen molar-refractivity contribution in [3.05, 3.63) is 64.7 Å². The average molecular weight is 341 g/mol. The van der Waals surface area contributed by atoms with Crippen LogP contribution in [0, 0.1) is 20.8 Å². The minimum Gasteiger partial charge on any atom is -0.483 e. The highest BCUT2D eigenvalue weighted by molar-refractivity contribution is 5.78. The fraction of sp³-hybridized carbons (Fsp3) is 0.381. The van der Waals surface area contributed by atoms with Crippen LogP contribution in [0.3, 0.4) is 0 Å². The molecule has 4 nitrogen and oxygen atoms in total. The van der Waals surface area contributed by atoms with Gasteiger partial charge >= 0.3 is 0 Å². The van der Waals surface area contributed by atoms with Gasteiger partial charge < -0.3 is 15.0 Å². The molecule has 0 saturated heterocycles. The first kappa shape index (κ1) is 19.0. The van der Waals surface area contributed by atoms with Gasteiger partial charge in [-0.1, -0.05) is 48.0 Å². The Morgan fingerprint density at radius 3 is 2.24 bits per heavy atom. The van der Waals surface area contributed by atoms with Crippen LogP contribution in [-0.2, 0) is 4.79 Å². The molecule has 2 rings (SSSR count). The summed E-state index contributed by atoms with van der Waals surface area (Å²) in [5, 5.41) is 3.10. The lowest BCUT2D eigenvalue weighted by atomic mass is 10.1. The average Bonchev–Trinajstić information content (AvgIpc) is 2.53. The third-order valence-electron chi connectivity index (χ3n) is 4.10. The number of ether oxygens (including phenoxy) is 1. The molecule has 2 aromatic carbocycles. The van der Waals surface area contributed by atoms with E-state index in [9.17, 15) is 4.79 Å². The van der Waals surface area contributed by atoms with E-state index in [2.05, 4.69) is 38.5 Å². The number of hydrogen-bond donors (Lipinski definition) is 2. The second kappa shape index (κ2) is 8.67. The van der Waals surface area contributed by atoms with Gasteiger partial charge in [0.25, 0.3) is 5.91 Å². The first-order valence-electron chi connectivity index (χ1n) is 8.71. The molecule has 2 aromatic rings. The van der Waals surface area contributed by atoms with Crippen LogP contribution in [0.5, 0.6) is 5.75 Å². The number of quaternary nitrogens is 1. The summed E-state index contributed by atoms with van der Waals surface area (Å²) in [6.45, 7) is 6.92. The number of benzene rings is 2. The van der Waals surface area contributed by atoms with Gasteiger partial charge in [0.2, 0.25) is 0 Å². The van der Waals surface area contributed by atoms with Crippen LogP contribution in [0.2, 0.25) is 0 Å². The standard InChI is InChI=1S/C21H28N2O2/c1-15-11-16(2)21(17(3)12-15)25-14-20(24)22-19(13-23(4)5)18-9-7-6-8-10-18/h6-12,19H,13-14H2,1-5H3,(H,22,24)/p+1/t19-/m1/s1. The highest BCUT2D eigenvalue weighted by Gasteiger charge is 2.18. The number of nitrogens with one attached hydrogen (secondary N) is 2. The van der Waals surface area contributed by atoms with Crippen molar-refractivity contribution in [1.29, 1.82) is 0 Å². The van der Waals surface area contributed by atoms with Gasteiger partial charge in [0.05, 0.1) is 14.1 Å². The molecule has 0 aliphatic rings. The van der Waals surface area contributed by atoms with E-state index in [1.165, 1.54) is 10.5 Å². The molecule has 0 fully saturated rings. The molecule has 0 aliphatic heterocycles. The summed E-state index contributed by atoms with van der Waals surface area (Å²) in [5.41, 5.74) is 4.43. The van der Waals surface area contributed by atoms with E-state index < -0.39 is 0 Å². The smallest absolute Gasteiger partial charge is 0.258 e. The van der Waals surface area contributed by atoms with Crippen molar-refractivity contribution in [3.8, 4) is 5.75 Å². The summed E-state index contributed by atoms with van der Waals surface area (Å²) < 4.78 is 5.81. The number of amides is 1. The molecule has 0 aromatic heterocycles. The zero-order chi connectivity index (χ0) is 18.4. The van der Waals surface area contributed by atoms with E-state index in [0.29, 0.717) is 0 Å². The highest BCUT2D eigenvalue weighted by Crippen LogP contribution is 2.24. The molecule has 1 atom stereocenters. The maximum Gasteiger partial charge on any atom is 0.258 e. The van der Waals surface area contributed by atoms with Crippen molar-refractivity contribution in [2.24, 2.45) is 0 Å². The summed E-state index contributed by atoms with van der Waals surface area (Å²) in [4.78, 5) is 13.7. The zero-order valence-electron chi connectivity index (χ0n) is 15.8. The van der Waals surface area contributed by atoms with Gasteiger partial charge in [0.1, 0.15) is 18.3 Å². The van der Waals surface area contributed by atoms with Crippen molar-refractivity contribution < 1.29 is 14.4 Å². The Morgan fingerprint density at radius 1 is 1.08 bits per heavy atom. The number of rotatable bonds is 7. The molecule has 1 amide bonds. The SMILES string of the molecule is Cc1cc(C)c(OCC(=O)N[C@H](C[NH+](C)C)c2ccccc2)c(C)c1. The highest BCUT2D eigenvalue weighted by atomic mass is 16.5. The second-order valence-electron chi connectivity index (χ2n) is 6.96. The Labute approximate surface area is 150 Å². The molecule has 4 heteroatoms. The number of carbonyl (C=O) groups is 1. The third kappa shape index (κ3) is 5.61. The first-order valence-corrected chi connectivity index (χ1v) is 8.71. The number of likely N-dealkylation sites (N-methyl/N-ethyl adjacent to an activating group) is 1. The fourth-order valence-corrected chi connectivity index (χ4v) is 3.11. The van der Waals surface area contributed by atoms with E-state index in [4.69, 9.17) is 4.74 Å². The minimum absolute atomic E-state index is 0.0246. The number of aryl methyl sites for hydroxylation is 3. The molecule has 25 heavy (non-hydrogen) atoms. The van der Waals surface area contributed by atoms with Crippen LogP contribution in [0.15, 0.2) is 42.5 Å². The summed E-state index contributed by atoms with van der Waals surface area (Å²) in [7, 11) is 4.16. The molecular formula is C21H29N2O2+. The lowest BCUT2D eigenvalue weighted by molar-refractivity contribution is -0.860. The molecule has 0 radical (unpaired) electrons. The van der Waals surface area contributed by atoms with Crippen LogP contribution in [0.25, 0.3) is 0 Å². The third-order valence-corrected chi connectivity index (χ3v) is 4.10. The van der Waals surface area contributed by atoms with E-state index >= 15 is 0 Å². The minimum atomic E-state index is -0.102. The van der Waals surface area contributed by atoms with Gasteiger partial charge in [-0.05, 0) is 37.5 Å². The summed E-state index contributed by atoms with van der Waals surface area (Å²) in [6, 6.07) is 14.2. The molecular weight excluding hydrogens is 312 g/mol. The zero-order valence-corrected chi connectivity index (χ0v) is 15.8. The van der Waals surface area contributed by atoms with Crippen LogP contribution >= 0.6 is 0 Å². The molecule has 0 heterocycles. The fourth-order valence-electron chi connectivity index (χ4n) is 3.11. The lowest BCUT2D eigenvalue weighted by Gasteiger charge is -2.21. The molecule has 0 aliphatic carbocycles. The van der Waals surface area contributed by atoms with Gasteiger partial charge in [-0.25, -0.2) is 0 Å². The van der Waals surface area contributed by atoms with E-state index in [0.717, 1.165) is 29.0 Å². The first-order chi connectivity index (χ1) is 11.9. The maximum atomic E-state index is 12.4. The normalized spacial score (nSPS) is 12.1. The second-order valence-corrected chi connectivity index (χ2v) is 6.96. The van der Waals surface area contributed by atoms with Crippen molar-refractivity contribution in [2.45, 2.75) is 26.8 Å². The maximum absolute atomic E-state index is 12.4. The van der Waals surface area contributed by atoms with Gasteiger partial charge in [-0.3, -0.25) is 4.79 Å². The van der Waals surface area contributed by atoms with Crippen LogP contribution in [0.4, 0.5) is 0 Å². The van der Waals surface area contributed by atoms with Crippen LogP contribution in [0.1, 0.15) is 28.3 Å². The van der Waals surface area contributed by atoms with Crippen molar-refractivity contribution >= 4 is 5.91 Å². The molecule has 2 N–H and O–H groups in total. The molecule has 0 spiro atoms. The quantitative estimate of drug-likeness (QED) is 0.809. The van der Waals surface area contributed by atoms with Crippen molar-refractivity contribution in [3.63, 3.8) is 0 Å². The van der Waals surface area contributed by atoms with Crippen molar-refractivity contribution in [2.75, 3.05) is 27.2 Å². The molecule has 0 bridgehead atoms. The Kier molecular flexibility index (Phi) is 6.59.